The molecule has 9 N–H and O–H groups in total. The molecular formula is C15H27N5O7S2. The third kappa shape index (κ3) is 9.83. The number of aliphatic hydroxyl groups excluding tert-OH is 1. The second-order valence-electron chi connectivity index (χ2n) is 6.16. The molecule has 0 heterocycles. The van der Waals surface area contributed by atoms with Crippen molar-refractivity contribution in [3.05, 3.63) is 0 Å². The van der Waals surface area contributed by atoms with E-state index in [0.717, 1.165) is 0 Å². The van der Waals surface area contributed by atoms with Crippen molar-refractivity contribution < 1.29 is 34.2 Å². The Morgan fingerprint density at radius 2 is 1.34 bits per heavy atom. The number of amides is 4. The number of carboxylic acid groups (broad SMARTS) is 1. The van der Waals surface area contributed by atoms with Gasteiger partial charge in [-0.05, 0) is 13.3 Å². The van der Waals surface area contributed by atoms with E-state index >= 15 is 0 Å². The van der Waals surface area contributed by atoms with Gasteiger partial charge in [0, 0.05) is 17.9 Å². The Bertz CT molecular complexity index is 620. The van der Waals surface area contributed by atoms with E-state index in [1.165, 1.54) is 6.92 Å². The zero-order chi connectivity index (χ0) is 22.7. The number of aliphatic hydroxyl groups is 1. The second kappa shape index (κ2) is 13.2. The molecular weight excluding hydrogens is 426 g/mol. The lowest BCUT2D eigenvalue weighted by Gasteiger charge is -2.24. The fraction of sp³-hybridized carbons (Fsp3) is 0.667. The summed E-state index contributed by atoms with van der Waals surface area (Å²) < 4.78 is 0. The summed E-state index contributed by atoms with van der Waals surface area (Å²) in [5, 5.41) is 25.2. The summed E-state index contributed by atoms with van der Waals surface area (Å²) in [7, 11) is 0. The molecule has 0 aromatic carbocycles. The molecule has 0 saturated carbocycles. The van der Waals surface area contributed by atoms with E-state index in [4.69, 9.17) is 16.6 Å². The molecule has 14 heteroatoms. The molecule has 0 aliphatic rings. The first-order valence-electron chi connectivity index (χ1n) is 8.52. The van der Waals surface area contributed by atoms with Crippen molar-refractivity contribution in [2.24, 2.45) is 11.5 Å². The number of primary amides is 1. The van der Waals surface area contributed by atoms with Gasteiger partial charge in [-0.3, -0.25) is 19.2 Å². The predicted octanol–water partition coefficient (Wildman–Crippen LogP) is -3.64. The van der Waals surface area contributed by atoms with Gasteiger partial charge in [-0.1, -0.05) is 0 Å². The van der Waals surface area contributed by atoms with E-state index in [1.54, 1.807) is 0 Å². The predicted molar refractivity (Wildman–Crippen MR) is 109 cm³/mol. The summed E-state index contributed by atoms with van der Waals surface area (Å²) >= 11 is 7.78. The Morgan fingerprint density at radius 3 is 1.76 bits per heavy atom. The number of carbonyl (C=O) groups is 5. The molecule has 0 aliphatic heterocycles. The van der Waals surface area contributed by atoms with Crippen molar-refractivity contribution in [3.8, 4) is 0 Å². The van der Waals surface area contributed by atoms with Crippen LogP contribution in [0.5, 0.6) is 0 Å². The smallest absolute Gasteiger partial charge is 0.327 e. The summed E-state index contributed by atoms with van der Waals surface area (Å²) in [5.74, 6) is -4.91. The van der Waals surface area contributed by atoms with Gasteiger partial charge in [-0.15, -0.1) is 0 Å². The molecule has 5 atom stereocenters. The standard InChI is InChI=1S/C15H27N5O7S2/c1-6(21)11(17)14(25)18-7(2-3-10(16)22)12(23)19-8(4-28)13(24)20-9(5-29)15(26)27/h6-9,11,21,28-29H,2-5,17H2,1H3,(H2,16,22)(H,18,25)(H,19,23)(H,20,24)(H,26,27). The van der Waals surface area contributed by atoms with E-state index in [0.29, 0.717) is 0 Å². The van der Waals surface area contributed by atoms with Crippen LogP contribution >= 0.6 is 25.3 Å². The molecule has 29 heavy (non-hydrogen) atoms. The number of hydrogen-bond donors (Lipinski definition) is 9. The van der Waals surface area contributed by atoms with E-state index in [1.807, 2.05) is 0 Å². The van der Waals surface area contributed by atoms with Gasteiger partial charge in [0.15, 0.2) is 0 Å². The van der Waals surface area contributed by atoms with Gasteiger partial charge >= 0.3 is 5.97 Å². The lowest BCUT2D eigenvalue weighted by molar-refractivity contribution is -0.141. The number of rotatable bonds is 13. The Morgan fingerprint density at radius 1 is 0.897 bits per heavy atom. The van der Waals surface area contributed by atoms with Crippen molar-refractivity contribution in [2.75, 3.05) is 11.5 Å². The second-order valence-corrected chi connectivity index (χ2v) is 6.89. The molecule has 166 valence electrons. The van der Waals surface area contributed by atoms with E-state index in [9.17, 15) is 29.1 Å². The highest BCUT2D eigenvalue weighted by Gasteiger charge is 2.30. The van der Waals surface area contributed by atoms with E-state index in [2.05, 4.69) is 41.2 Å². The average molecular weight is 454 g/mol. The van der Waals surface area contributed by atoms with Crippen molar-refractivity contribution in [1.82, 2.24) is 16.0 Å². The molecule has 0 saturated heterocycles. The van der Waals surface area contributed by atoms with Gasteiger partial charge in [-0.25, -0.2) is 4.79 Å². The van der Waals surface area contributed by atoms with Crippen LogP contribution in [0.4, 0.5) is 0 Å². The molecule has 0 spiro atoms. The zero-order valence-electron chi connectivity index (χ0n) is 15.7. The highest BCUT2D eigenvalue weighted by Crippen LogP contribution is 2.02. The molecule has 0 aromatic rings. The molecule has 0 aromatic heterocycles. The van der Waals surface area contributed by atoms with Gasteiger partial charge in [0.25, 0.3) is 0 Å². The van der Waals surface area contributed by atoms with Gasteiger partial charge in [0.2, 0.25) is 23.6 Å². The Labute approximate surface area is 178 Å². The lowest BCUT2D eigenvalue weighted by Crippen LogP contribution is -2.58. The van der Waals surface area contributed by atoms with E-state index < -0.39 is 59.9 Å². The lowest BCUT2D eigenvalue weighted by atomic mass is 10.1. The largest absolute Gasteiger partial charge is 0.480 e. The third-order valence-corrected chi connectivity index (χ3v) is 4.48. The van der Waals surface area contributed by atoms with Gasteiger partial charge < -0.3 is 37.6 Å². The quantitative estimate of drug-likeness (QED) is 0.126. The molecule has 0 fully saturated rings. The first kappa shape index (κ1) is 27.0. The van der Waals surface area contributed by atoms with Crippen molar-refractivity contribution in [3.63, 3.8) is 0 Å². The maximum absolute atomic E-state index is 12.5. The minimum Gasteiger partial charge on any atom is -0.480 e. The van der Waals surface area contributed by atoms with E-state index in [-0.39, 0.29) is 24.3 Å². The van der Waals surface area contributed by atoms with Crippen molar-refractivity contribution >= 4 is 54.9 Å². The van der Waals surface area contributed by atoms with Crippen LogP contribution in [0.3, 0.4) is 0 Å². The molecule has 5 unspecified atom stereocenters. The number of aliphatic carboxylic acids is 1. The zero-order valence-corrected chi connectivity index (χ0v) is 17.5. The SMILES string of the molecule is CC(O)C(N)C(=O)NC(CCC(N)=O)C(=O)NC(CS)C(=O)NC(CS)C(=O)O. The van der Waals surface area contributed by atoms with Crippen molar-refractivity contribution in [2.45, 2.75) is 50.0 Å². The summed E-state index contributed by atoms with van der Waals surface area (Å²) in [6.45, 7) is 1.28. The van der Waals surface area contributed by atoms with Gasteiger partial charge in [-0.2, -0.15) is 25.3 Å². The summed E-state index contributed by atoms with van der Waals surface area (Å²) in [4.78, 5) is 58.8. The highest BCUT2D eigenvalue weighted by atomic mass is 32.1. The normalized spacial score (nSPS) is 15.9. The van der Waals surface area contributed by atoms with Crippen molar-refractivity contribution in [1.29, 1.82) is 0 Å². The number of carboxylic acids is 1. The first-order valence-corrected chi connectivity index (χ1v) is 9.78. The monoisotopic (exact) mass is 453 g/mol. The van der Waals surface area contributed by atoms with Crippen LogP contribution in [0, 0.1) is 0 Å². The van der Waals surface area contributed by atoms with Crippen LogP contribution in [-0.2, 0) is 24.0 Å². The fourth-order valence-electron chi connectivity index (χ4n) is 1.97. The number of thiol groups is 2. The number of nitrogens with two attached hydrogens (primary N) is 2. The number of nitrogens with one attached hydrogen (secondary N) is 3. The topological polar surface area (TPSA) is 214 Å². The molecule has 0 aliphatic carbocycles. The van der Waals surface area contributed by atoms with Gasteiger partial charge in [0.1, 0.15) is 24.2 Å². The van der Waals surface area contributed by atoms with Crippen LogP contribution in [0.15, 0.2) is 0 Å². The van der Waals surface area contributed by atoms with Crippen LogP contribution in [0.2, 0.25) is 0 Å². The molecule has 0 bridgehead atoms. The average Bonchev–Trinajstić information content (AvgIpc) is 2.65. The van der Waals surface area contributed by atoms with Crippen LogP contribution in [0.1, 0.15) is 19.8 Å². The minimum absolute atomic E-state index is 0.178. The maximum atomic E-state index is 12.5. The summed E-state index contributed by atoms with van der Waals surface area (Å²) in [6, 6.07) is -5.12. The third-order valence-electron chi connectivity index (χ3n) is 3.75. The van der Waals surface area contributed by atoms with Crippen LogP contribution < -0.4 is 27.4 Å². The Kier molecular flexibility index (Phi) is 12.3. The minimum atomic E-state index is -1.32. The summed E-state index contributed by atoms with van der Waals surface area (Å²) in [5.41, 5.74) is 10.6. The molecule has 0 rings (SSSR count). The first-order chi connectivity index (χ1) is 13.4. The molecule has 0 radical (unpaired) electrons. The Hall–Kier alpha value is -2.03. The number of hydrogen-bond acceptors (Lipinski definition) is 9. The maximum Gasteiger partial charge on any atom is 0.327 e. The van der Waals surface area contributed by atoms with Crippen LogP contribution in [-0.4, -0.2) is 81.6 Å². The van der Waals surface area contributed by atoms with Gasteiger partial charge in [0.05, 0.1) is 6.10 Å². The fourth-order valence-corrected chi connectivity index (χ4v) is 2.47. The summed E-state index contributed by atoms with van der Waals surface area (Å²) in [6.07, 6.45) is -1.63. The molecule has 4 amide bonds. The molecule has 12 nitrogen and oxygen atoms in total. The number of carbonyl (C=O) groups excluding carboxylic acids is 4. The highest BCUT2D eigenvalue weighted by molar-refractivity contribution is 7.80. The Balaban J connectivity index is 5.23. The van der Waals surface area contributed by atoms with Crippen LogP contribution in [0.25, 0.3) is 0 Å².